The number of thioether (sulfide) groups is 1. The molecular weight excluding hydrogens is 386 g/mol. The van der Waals surface area contributed by atoms with Gasteiger partial charge in [0.1, 0.15) is 11.5 Å². The molecule has 1 atom stereocenters. The maximum Gasteiger partial charge on any atom is 0.344 e. The van der Waals surface area contributed by atoms with Gasteiger partial charge in [-0.1, -0.05) is 36.1 Å². The monoisotopic (exact) mass is 401 g/mol. The number of nitrogens with zero attached hydrogens (tertiary/aromatic N) is 1. The maximum atomic E-state index is 12.7. The summed E-state index contributed by atoms with van der Waals surface area (Å²) in [6.45, 7) is 1.44. The maximum absolute atomic E-state index is 12.7. The van der Waals surface area contributed by atoms with E-state index in [9.17, 15) is 14.7 Å². The van der Waals surface area contributed by atoms with Gasteiger partial charge in [-0.25, -0.2) is 4.79 Å². The number of phenolic OH excluding ortho intramolecular Hbond substituents is 1. The molecule has 3 rings (SSSR count). The van der Waals surface area contributed by atoms with Crippen LogP contribution in [0.1, 0.15) is 12.5 Å². The van der Waals surface area contributed by atoms with Crippen molar-refractivity contribution in [3.05, 3.63) is 59.0 Å². The average Bonchev–Trinajstić information content (AvgIpc) is 2.90. The molecule has 1 aliphatic rings. The third-order valence-corrected chi connectivity index (χ3v) is 5.02. The molecule has 8 heteroatoms. The van der Waals surface area contributed by atoms with Gasteiger partial charge in [-0.05, 0) is 55.0 Å². The van der Waals surface area contributed by atoms with Crippen LogP contribution in [0.25, 0.3) is 6.08 Å². The number of aromatic hydroxyl groups is 1. The smallest absolute Gasteiger partial charge is 0.344 e. The highest BCUT2D eigenvalue weighted by Gasteiger charge is 2.33. The van der Waals surface area contributed by atoms with E-state index >= 15 is 0 Å². The minimum Gasteiger partial charge on any atom is -0.508 e. The normalized spacial score (nSPS) is 16.6. The molecule has 1 unspecified atom stereocenters. The number of ether oxygens (including phenoxy) is 1. The highest BCUT2D eigenvalue weighted by Crippen LogP contribution is 2.36. The number of aliphatic carboxylic acids is 1. The van der Waals surface area contributed by atoms with Crippen molar-refractivity contribution in [2.75, 3.05) is 4.90 Å². The van der Waals surface area contributed by atoms with Crippen molar-refractivity contribution in [2.24, 2.45) is 0 Å². The summed E-state index contributed by atoms with van der Waals surface area (Å²) in [5, 5.41) is 18.3. The van der Waals surface area contributed by atoms with Crippen molar-refractivity contribution in [1.29, 1.82) is 0 Å². The van der Waals surface area contributed by atoms with Gasteiger partial charge in [-0.3, -0.25) is 9.69 Å². The molecule has 0 aliphatic carbocycles. The molecule has 2 N–H and O–H groups in total. The predicted octanol–water partition coefficient (Wildman–Crippen LogP) is 3.65. The van der Waals surface area contributed by atoms with E-state index in [-0.39, 0.29) is 11.7 Å². The van der Waals surface area contributed by atoms with Crippen molar-refractivity contribution in [1.82, 2.24) is 0 Å². The summed E-state index contributed by atoms with van der Waals surface area (Å²) in [6.07, 6.45) is 0.700. The second kappa shape index (κ2) is 7.81. The third-order valence-electron chi connectivity index (χ3n) is 3.72. The quantitative estimate of drug-likeness (QED) is 0.584. The van der Waals surface area contributed by atoms with Crippen LogP contribution in [0.2, 0.25) is 0 Å². The topological polar surface area (TPSA) is 87.1 Å². The van der Waals surface area contributed by atoms with Crippen molar-refractivity contribution in [2.45, 2.75) is 13.0 Å². The largest absolute Gasteiger partial charge is 0.508 e. The van der Waals surface area contributed by atoms with Crippen LogP contribution in [0.4, 0.5) is 5.69 Å². The number of carboxylic acid groups (broad SMARTS) is 1. The molecule has 0 aromatic heterocycles. The Bertz CT molecular complexity index is 939. The lowest BCUT2D eigenvalue weighted by Crippen LogP contribution is -2.27. The number of carbonyl (C=O) groups excluding carboxylic acids is 1. The number of rotatable bonds is 5. The molecule has 1 heterocycles. The molecule has 0 radical (unpaired) electrons. The first kappa shape index (κ1) is 18.9. The van der Waals surface area contributed by atoms with E-state index in [0.717, 1.165) is 0 Å². The van der Waals surface area contributed by atoms with E-state index in [1.165, 1.54) is 35.7 Å². The number of carboxylic acids is 1. The van der Waals surface area contributed by atoms with Crippen LogP contribution >= 0.6 is 24.0 Å². The number of carbonyl (C=O) groups is 2. The fraction of sp³-hybridized carbons (Fsp3) is 0.105. The summed E-state index contributed by atoms with van der Waals surface area (Å²) in [5.74, 6) is -0.823. The van der Waals surface area contributed by atoms with Crippen molar-refractivity contribution in [3.8, 4) is 11.5 Å². The number of hydrogen-bond acceptors (Lipinski definition) is 6. The zero-order valence-electron chi connectivity index (χ0n) is 14.2. The van der Waals surface area contributed by atoms with Crippen LogP contribution in [0.15, 0.2) is 53.4 Å². The van der Waals surface area contributed by atoms with E-state index in [2.05, 4.69) is 0 Å². The van der Waals surface area contributed by atoms with Crippen molar-refractivity contribution in [3.63, 3.8) is 0 Å². The first-order valence-electron chi connectivity index (χ1n) is 7.91. The molecule has 2 aromatic rings. The molecule has 1 aliphatic heterocycles. The van der Waals surface area contributed by atoms with Crippen LogP contribution < -0.4 is 9.64 Å². The summed E-state index contributed by atoms with van der Waals surface area (Å²) in [6, 6.07) is 13.0. The molecule has 0 spiro atoms. The van der Waals surface area contributed by atoms with Gasteiger partial charge >= 0.3 is 5.97 Å². The first-order valence-corrected chi connectivity index (χ1v) is 9.14. The Morgan fingerprint density at radius 1 is 1.26 bits per heavy atom. The number of amides is 1. The molecule has 138 valence electrons. The van der Waals surface area contributed by atoms with Gasteiger partial charge in [0.2, 0.25) is 0 Å². The van der Waals surface area contributed by atoms with Gasteiger partial charge in [0.25, 0.3) is 5.91 Å². The number of anilines is 1. The van der Waals surface area contributed by atoms with Crippen LogP contribution in [0.3, 0.4) is 0 Å². The van der Waals surface area contributed by atoms with Gasteiger partial charge in [-0.2, -0.15) is 0 Å². The fourth-order valence-electron chi connectivity index (χ4n) is 2.38. The summed E-state index contributed by atoms with van der Waals surface area (Å²) < 4.78 is 5.74. The Labute approximate surface area is 165 Å². The van der Waals surface area contributed by atoms with Gasteiger partial charge < -0.3 is 14.9 Å². The summed E-state index contributed by atoms with van der Waals surface area (Å²) in [4.78, 5) is 25.5. The molecule has 1 saturated heterocycles. The van der Waals surface area contributed by atoms with Crippen molar-refractivity contribution < 1.29 is 24.5 Å². The van der Waals surface area contributed by atoms with E-state index in [1.807, 2.05) is 0 Å². The lowest BCUT2D eigenvalue weighted by molar-refractivity contribution is -0.144. The second-order valence-electron chi connectivity index (χ2n) is 5.70. The zero-order chi connectivity index (χ0) is 19.6. The standard InChI is InChI=1S/C19H15NO5S2/c1-11(18(23)24)25-15-4-2-3-12(9-15)10-16-17(22)20(19(26)27-16)13-5-7-14(21)8-6-13/h2-11,21H,1H3,(H,23,24)/b16-10+. The molecule has 0 bridgehead atoms. The zero-order valence-corrected chi connectivity index (χ0v) is 15.8. The lowest BCUT2D eigenvalue weighted by Gasteiger charge is -2.14. The Balaban J connectivity index is 1.83. The van der Waals surface area contributed by atoms with E-state index in [1.54, 1.807) is 42.5 Å². The second-order valence-corrected chi connectivity index (χ2v) is 7.38. The van der Waals surface area contributed by atoms with Gasteiger partial charge in [0, 0.05) is 0 Å². The third kappa shape index (κ3) is 4.29. The molecule has 1 fully saturated rings. The number of hydrogen-bond donors (Lipinski definition) is 2. The molecule has 1 amide bonds. The Kier molecular flexibility index (Phi) is 5.48. The van der Waals surface area contributed by atoms with Crippen LogP contribution in [0, 0.1) is 0 Å². The average molecular weight is 401 g/mol. The van der Waals surface area contributed by atoms with Crippen LogP contribution in [-0.2, 0) is 9.59 Å². The minimum atomic E-state index is -1.06. The first-order chi connectivity index (χ1) is 12.8. The summed E-state index contributed by atoms with van der Waals surface area (Å²) in [5.41, 5.74) is 1.27. The Morgan fingerprint density at radius 3 is 2.63 bits per heavy atom. The van der Waals surface area contributed by atoms with Gasteiger partial charge in [0.05, 0.1) is 10.6 Å². The molecule has 2 aromatic carbocycles. The number of thiocarbonyl (C=S) groups is 1. The van der Waals surface area contributed by atoms with Crippen LogP contribution in [0.5, 0.6) is 11.5 Å². The Morgan fingerprint density at radius 2 is 1.96 bits per heavy atom. The predicted molar refractivity (Wildman–Crippen MR) is 108 cm³/mol. The minimum absolute atomic E-state index is 0.104. The van der Waals surface area contributed by atoms with Gasteiger partial charge in [0.15, 0.2) is 10.4 Å². The number of phenols is 1. The van der Waals surface area contributed by atoms with E-state index in [0.29, 0.717) is 26.2 Å². The van der Waals surface area contributed by atoms with Crippen molar-refractivity contribution >= 4 is 51.9 Å². The molecule has 6 nitrogen and oxygen atoms in total. The van der Waals surface area contributed by atoms with Gasteiger partial charge in [-0.15, -0.1) is 0 Å². The number of benzene rings is 2. The van der Waals surface area contributed by atoms with Crippen LogP contribution in [-0.4, -0.2) is 32.5 Å². The highest BCUT2D eigenvalue weighted by atomic mass is 32.2. The Hall–Kier alpha value is -2.84. The fourth-order valence-corrected chi connectivity index (χ4v) is 3.67. The highest BCUT2D eigenvalue weighted by molar-refractivity contribution is 8.27. The van der Waals surface area contributed by atoms with E-state index in [4.69, 9.17) is 22.1 Å². The molecular formula is C19H15NO5S2. The summed E-state index contributed by atoms with van der Waals surface area (Å²) in [7, 11) is 0. The summed E-state index contributed by atoms with van der Waals surface area (Å²) >= 11 is 6.48. The lowest BCUT2D eigenvalue weighted by atomic mass is 10.2. The SMILES string of the molecule is CC(Oc1cccc(/C=C2/SC(=S)N(c3ccc(O)cc3)C2=O)c1)C(=O)O. The molecule has 27 heavy (non-hydrogen) atoms. The van der Waals surface area contributed by atoms with E-state index < -0.39 is 12.1 Å². The molecule has 0 saturated carbocycles.